The summed E-state index contributed by atoms with van der Waals surface area (Å²) >= 11 is 0. The molecule has 0 atom stereocenters. The molecule has 0 aliphatic carbocycles. The van der Waals surface area contributed by atoms with Gasteiger partial charge in [-0.3, -0.25) is 0 Å². The lowest BCUT2D eigenvalue weighted by Gasteiger charge is -2.02. The van der Waals surface area contributed by atoms with E-state index in [4.69, 9.17) is 10.4 Å². The third-order valence-corrected chi connectivity index (χ3v) is 1.58. The van der Waals surface area contributed by atoms with E-state index >= 15 is 0 Å². The fourth-order valence-corrected chi connectivity index (χ4v) is 0.921. The number of nitro groups is 1. The number of rotatable bonds is 2. The van der Waals surface area contributed by atoms with Crippen LogP contribution >= 0.6 is 0 Å². The Morgan fingerprint density at radius 3 is 2.67 bits per heavy atom. The van der Waals surface area contributed by atoms with E-state index in [-0.39, 0.29) is 0 Å². The van der Waals surface area contributed by atoms with E-state index in [1.54, 1.807) is 0 Å². The molecule has 78 valence electrons. The first-order chi connectivity index (χ1) is 6.99. The Balaban J connectivity index is 3.48. The SMILES string of the molecule is N#Cc1c(C(F)F)cnc([N+](=O)[O-])c1O. The van der Waals surface area contributed by atoms with Crippen LogP contribution in [0.2, 0.25) is 0 Å². The summed E-state index contributed by atoms with van der Waals surface area (Å²) in [5.74, 6) is -2.16. The Hall–Kier alpha value is -2.30. The molecule has 0 saturated carbocycles. The largest absolute Gasteiger partial charge is 0.500 e. The fraction of sp³-hybridized carbons (Fsp3) is 0.143. The number of aromatic nitrogens is 1. The molecule has 0 aromatic carbocycles. The molecular weight excluding hydrogens is 212 g/mol. The highest BCUT2D eigenvalue weighted by Gasteiger charge is 2.26. The van der Waals surface area contributed by atoms with Crippen LogP contribution < -0.4 is 0 Å². The topological polar surface area (TPSA) is 100 Å². The highest BCUT2D eigenvalue weighted by Crippen LogP contribution is 2.33. The number of pyridine rings is 1. The second kappa shape index (κ2) is 3.83. The normalized spacial score (nSPS) is 10.0. The molecule has 0 fully saturated rings. The standard InChI is InChI=1S/C7H3F2N3O3/c8-6(9)4-2-11-7(12(14)15)5(13)3(4)1-10/h2,6,13H. The van der Waals surface area contributed by atoms with Crippen molar-refractivity contribution >= 4 is 5.82 Å². The van der Waals surface area contributed by atoms with Crippen LogP contribution in [0.3, 0.4) is 0 Å². The van der Waals surface area contributed by atoms with Crippen molar-refractivity contribution < 1.29 is 18.8 Å². The summed E-state index contributed by atoms with van der Waals surface area (Å²) in [6.07, 6.45) is -2.53. The average molecular weight is 215 g/mol. The minimum absolute atomic E-state index is 0.501. The lowest BCUT2D eigenvalue weighted by Crippen LogP contribution is -1.99. The van der Waals surface area contributed by atoms with Gasteiger partial charge in [0, 0.05) is 0 Å². The molecule has 0 unspecified atom stereocenters. The van der Waals surface area contributed by atoms with Gasteiger partial charge in [-0.2, -0.15) is 5.26 Å². The van der Waals surface area contributed by atoms with Gasteiger partial charge in [-0.15, -0.1) is 0 Å². The molecule has 1 aromatic rings. The van der Waals surface area contributed by atoms with Crippen LogP contribution in [0.4, 0.5) is 14.6 Å². The summed E-state index contributed by atoms with van der Waals surface area (Å²) in [6, 6.07) is 1.27. The van der Waals surface area contributed by atoms with E-state index in [9.17, 15) is 18.9 Å². The van der Waals surface area contributed by atoms with Crippen LogP contribution in [-0.4, -0.2) is 15.0 Å². The van der Waals surface area contributed by atoms with Crippen LogP contribution in [-0.2, 0) is 0 Å². The second-order valence-corrected chi connectivity index (χ2v) is 2.43. The maximum Gasteiger partial charge on any atom is 0.407 e. The Labute approximate surface area is 81.6 Å². The number of nitrogens with zero attached hydrogens (tertiary/aromatic N) is 3. The molecule has 15 heavy (non-hydrogen) atoms. The predicted molar refractivity (Wildman–Crippen MR) is 42.2 cm³/mol. The van der Waals surface area contributed by atoms with Gasteiger partial charge in [-0.25, -0.2) is 8.78 Å². The minimum atomic E-state index is -3.03. The van der Waals surface area contributed by atoms with Gasteiger partial charge in [0.25, 0.3) is 6.43 Å². The maximum absolute atomic E-state index is 12.3. The van der Waals surface area contributed by atoms with Gasteiger partial charge >= 0.3 is 5.82 Å². The third-order valence-electron chi connectivity index (χ3n) is 1.58. The van der Waals surface area contributed by atoms with Gasteiger partial charge in [0.15, 0.2) is 6.20 Å². The van der Waals surface area contributed by atoms with Crippen molar-refractivity contribution in [1.29, 1.82) is 5.26 Å². The van der Waals surface area contributed by atoms with Crippen LogP contribution in [0.15, 0.2) is 6.20 Å². The van der Waals surface area contributed by atoms with Crippen molar-refractivity contribution in [3.63, 3.8) is 0 Å². The van der Waals surface area contributed by atoms with E-state index in [1.165, 1.54) is 6.07 Å². The van der Waals surface area contributed by atoms with Gasteiger partial charge in [0.2, 0.25) is 5.75 Å². The van der Waals surface area contributed by atoms with Crippen molar-refractivity contribution in [3.8, 4) is 11.8 Å². The van der Waals surface area contributed by atoms with E-state index in [0.717, 1.165) is 0 Å². The first-order valence-electron chi connectivity index (χ1n) is 3.53. The predicted octanol–water partition coefficient (Wildman–Crippen LogP) is 1.50. The maximum atomic E-state index is 12.3. The van der Waals surface area contributed by atoms with Gasteiger partial charge in [-0.1, -0.05) is 0 Å². The number of hydrogen-bond acceptors (Lipinski definition) is 5. The molecule has 1 heterocycles. The molecule has 1 N–H and O–H groups in total. The van der Waals surface area contributed by atoms with Crippen LogP contribution in [0.5, 0.6) is 5.75 Å². The van der Waals surface area contributed by atoms with Crippen molar-refractivity contribution in [2.75, 3.05) is 0 Å². The molecule has 0 aliphatic heterocycles. The molecule has 1 rings (SSSR count). The monoisotopic (exact) mass is 215 g/mol. The van der Waals surface area contributed by atoms with Crippen LogP contribution in [0.1, 0.15) is 17.6 Å². The zero-order chi connectivity index (χ0) is 11.6. The van der Waals surface area contributed by atoms with Crippen molar-refractivity contribution in [2.24, 2.45) is 0 Å². The summed E-state index contributed by atoms with van der Waals surface area (Å²) in [6.45, 7) is 0. The third kappa shape index (κ3) is 1.80. The van der Waals surface area contributed by atoms with Gasteiger partial charge in [-0.05, 0) is 9.91 Å². The Morgan fingerprint density at radius 2 is 2.27 bits per heavy atom. The van der Waals surface area contributed by atoms with Crippen molar-refractivity contribution in [3.05, 3.63) is 27.4 Å². The molecule has 8 heteroatoms. The molecule has 0 spiro atoms. The molecule has 6 nitrogen and oxygen atoms in total. The smallest absolute Gasteiger partial charge is 0.407 e. The fourth-order valence-electron chi connectivity index (χ4n) is 0.921. The molecule has 0 aliphatic rings. The molecular formula is C7H3F2N3O3. The first kappa shape index (κ1) is 10.8. The Kier molecular flexibility index (Phi) is 2.75. The molecule has 0 amide bonds. The second-order valence-electron chi connectivity index (χ2n) is 2.43. The number of aromatic hydroxyl groups is 1. The number of hydrogen-bond donors (Lipinski definition) is 1. The summed E-state index contributed by atoms with van der Waals surface area (Å²) in [5, 5.41) is 27.8. The lowest BCUT2D eigenvalue weighted by molar-refractivity contribution is -0.390. The van der Waals surface area contributed by atoms with Crippen molar-refractivity contribution in [2.45, 2.75) is 6.43 Å². The molecule has 0 saturated heterocycles. The summed E-state index contributed by atoms with van der Waals surface area (Å²) in [5.41, 5.74) is -1.66. The van der Waals surface area contributed by atoms with E-state index in [0.29, 0.717) is 6.20 Å². The zero-order valence-corrected chi connectivity index (χ0v) is 7.02. The molecule has 0 bridgehead atoms. The highest BCUT2D eigenvalue weighted by atomic mass is 19.3. The first-order valence-corrected chi connectivity index (χ1v) is 3.53. The van der Waals surface area contributed by atoms with E-state index in [1.807, 2.05) is 0 Å². The number of halogens is 2. The van der Waals surface area contributed by atoms with Gasteiger partial charge < -0.3 is 15.2 Å². The highest BCUT2D eigenvalue weighted by molar-refractivity contribution is 5.55. The summed E-state index contributed by atoms with van der Waals surface area (Å²) < 4.78 is 24.5. The summed E-state index contributed by atoms with van der Waals surface area (Å²) in [4.78, 5) is 12.2. The number of alkyl halides is 2. The molecule has 1 aromatic heterocycles. The minimum Gasteiger partial charge on any atom is -0.500 e. The average Bonchev–Trinajstić information content (AvgIpc) is 2.16. The Morgan fingerprint density at radius 1 is 1.67 bits per heavy atom. The van der Waals surface area contributed by atoms with Gasteiger partial charge in [0.05, 0.1) is 5.56 Å². The van der Waals surface area contributed by atoms with Crippen molar-refractivity contribution in [1.82, 2.24) is 4.98 Å². The lowest BCUT2D eigenvalue weighted by atomic mass is 10.1. The van der Waals surface area contributed by atoms with Gasteiger partial charge in [0.1, 0.15) is 11.6 Å². The molecule has 0 radical (unpaired) electrons. The quantitative estimate of drug-likeness (QED) is 0.595. The summed E-state index contributed by atoms with van der Waals surface area (Å²) in [7, 11) is 0. The van der Waals surface area contributed by atoms with Crippen LogP contribution in [0, 0.1) is 21.4 Å². The van der Waals surface area contributed by atoms with Crippen LogP contribution in [0.25, 0.3) is 0 Å². The zero-order valence-electron chi connectivity index (χ0n) is 7.02. The van der Waals surface area contributed by atoms with E-state index < -0.39 is 34.0 Å². The number of nitriles is 1. The van der Waals surface area contributed by atoms with E-state index in [2.05, 4.69) is 4.98 Å². The Bertz CT molecular complexity index is 456.